The minimum absolute atomic E-state index is 0.372. The molecule has 114 valence electrons. The van der Waals surface area contributed by atoms with Gasteiger partial charge in [0.25, 0.3) is 0 Å². The van der Waals surface area contributed by atoms with Gasteiger partial charge in [-0.25, -0.2) is 4.68 Å². The van der Waals surface area contributed by atoms with E-state index in [1.165, 1.54) is 44.2 Å². The first-order chi connectivity index (χ1) is 9.67. The van der Waals surface area contributed by atoms with Crippen LogP contribution in [0.4, 0.5) is 0 Å². The van der Waals surface area contributed by atoms with Crippen molar-refractivity contribution in [2.45, 2.75) is 58.4 Å². The van der Waals surface area contributed by atoms with Crippen molar-refractivity contribution in [2.75, 3.05) is 6.54 Å². The Hall–Kier alpha value is -0.420. The Morgan fingerprint density at radius 3 is 2.50 bits per heavy atom. The zero-order valence-corrected chi connectivity index (χ0v) is 14.5. The highest BCUT2D eigenvalue weighted by molar-refractivity contribution is 9.10. The van der Waals surface area contributed by atoms with E-state index >= 15 is 0 Å². The Labute approximate surface area is 130 Å². The first-order valence-corrected chi connectivity index (χ1v) is 8.75. The molecule has 4 nitrogen and oxygen atoms in total. The maximum absolute atomic E-state index is 4.15. The Bertz CT molecular complexity index is 391. The molecule has 0 spiro atoms. The molecule has 1 aromatic rings. The zero-order valence-electron chi connectivity index (χ0n) is 12.9. The summed E-state index contributed by atoms with van der Waals surface area (Å²) in [6.07, 6.45) is 8.12. The summed E-state index contributed by atoms with van der Waals surface area (Å²) in [5.41, 5.74) is 1.20. The summed E-state index contributed by atoms with van der Waals surface area (Å²) in [4.78, 5) is 0. The number of aromatic nitrogens is 3. The summed E-state index contributed by atoms with van der Waals surface area (Å²) in [5, 5.41) is 11.9. The maximum atomic E-state index is 4.15. The molecule has 0 radical (unpaired) electrons. The van der Waals surface area contributed by atoms with E-state index in [-0.39, 0.29) is 0 Å². The highest BCUT2D eigenvalue weighted by Crippen LogP contribution is 2.39. The fraction of sp³-hybridized carbons (Fsp3) is 0.867. The first kappa shape index (κ1) is 16.0. The number of rotatable bonds is 6. The summed E-state index contributed by atoms with van der Waals surface area (Å²) in [6.45, 7) is 5.45. The number of nitrogens with one attached hydrogen (secondary N) is 1. The fourth-order valence-electron chi connectivity index (χ4n) is 3.59. The monoisotopic (exact) mass is 342 g/mol. The van der Waals surface area contributed by atoms with Crippen LogP contribution in [-0.2, 0) is 7.05 Å². The lowest BCUT2D eigenvalue weighted by molar-refractivity contribution is 0.210. The average Bonchev–Trinajstić information content (AvgIpc) is 2.77. The maximum Gasteiger partial charge on any atom is 0.153 e. The van der Waals surface area contributed by atoms with Crippen LogP contribution < -0.4 is 5.32 Å². The Morgan fingerprint density at radius 2 is 2.00 bits per heavy atom. The smallest absolute Gasteiger partial charge is 0.153 e. The molecule has 0 aromatic carbocycles. The van der Waals surface area contributed by atoms with Crippen LogP contribution in [0.1, 0.15) is 64.1 Å². The van der Waals surface area contributed by atoms with Gasteiger partial charge in [-0.1, -0.05) is 44.7 Å². The largest absolute Gasteiger partial charge is 0.309 e. The van der Waals surface area contributed by atoms with Crippen molar-refractivity contribution in [3.8, 4) is 0 Å². The molecule has 1 heterocycles. The Morgan fingerprint density at radius 1 is 1.30 bits per heavy atom. The van der Waals surface area contributed by atoms with Crippen LogP contribution in [0.3, 0.4) is 0 Å². The quantitative estimate of drug-likeness (QED) is 0.854. The number of hydrogen-bond acceptors (Lipinski definition) is 3. The van der Waals surface area contributed by atoms with Gasteiger partial charge < -0.3 is 5.32 Å². The lowest BCUT2D eigenvalue weighted by Gasteiger charge is -2.34. The van der Waals surface area contributed by atoms with Crippen molar-refractivity contribution in [3.05, 3.63) is 10.3 Å². The second kappa shape index (κ2) is 7.55. The van der Waals surface area contributed by atoms with Gasteiger partial charge in [-0.3, -0.25) is 0 Å². The third-order valence-electron chi connectivity index (χ3n) is 4.61. The number of halogens is 1. The third kappa shape index (κ3) is 3.61. The van der Waals surface area contributed by atoms with Gasteiger partial charge >= 0.3 is 0 Å². The van der Waals surface area contributed by atoms with Crippen molar-refractivity contribution < 1.29 is 0 Å². The van der Waals surface area contributed by atoms with Gasteiger partial charge in [0, 0.05) is 7.05 Å². The molecule has 1 aliphatic carbocycles. The highest BCUT2D eigenvalue weighted by atomic mass is 79.9. The predicted octanol–water partition coefficient (Wildman–Crippen LogP) is 3.83. The van der Waals surface area contributed by atoms with Crippen molar-refractivity contribution in [3.63, 3.8) is 0 Å². The molecule has 1 aliphatic rings. The summed E-state index contributed by atoms with van der Waals surface area (Å²) in [7, 11) is 1.99. The summed E-state index contributed by atoms with van der Waals surface area (Å²) >= 11 is 3.56. The van der Waals surface area contributed by atoms with Crippen molar-refractivity contribution in [1.82, 2.24) is 20.3 Å². The summed E-state index contributed by atoms with van der Waals surface area (Å²) < 4.78 is 2.80. The zero-order chi connectivity index (χ0) is 14.5. The van der Waals surface area contributed by atoms with Crippen LogP contribution in [0.15, 0.2) is 4.60 Å². The van der Waals surface area contributed by atoms with Crippen LogP contribution in [0.2, 0.25) is 0 Å². The Kier molecular flexibility index (Phi) is 6.02. The summed E-state index contributed by atoms with van der Waals surface area (Å²) in [5.74, 6) is 1.66. The van der Waals surface area contributed by atoms with E-state index in [9.17, 15) is 0 Å². The molecule has 2 rings (SSSR count). The molecule has 0 amide bonds. The predicted molar refractivity (Wildman–Crippen MR) is 85.5 cm³/mol. The van der Waals surface area contributed by atoms with E-state index in [4.69, 9.17) is 0 Å². The second-order valence-corrected chi connectivity index (χ2v) is 6.75. The van der Waals surface area contributed by atoms with Crippen molar-refractivity contribution >= 4 is 15.9 Å². The molecule has 1 fully saturated rings. The molecular formula is C15H27BrN4. The highest BCUT2D eigenvalue weighted by Gasteiger charge is 2.31. The lowest BCUT2D eigenvalue weighted by Crippen LogP contribution is -2.32. The van der Waals surface area contributed by atoms with E-state index in [2.05, 4.69) is 45.4 Å². The van der Waals surface area contributed by atoms with Gasteiger partial charge in [-0.05, 0) is 47.2 Å². The van der Waals surface area contributed by atoms with E-state index in [0.29, 0.717) is 12.0 Å². The van der Waals surface area contributed by atoms with E-state index < -0.39 is 0 Å². The van der Waals surface area contributed by atoms with Gasteiger partial charge in [0.05, 0.1) is 11.7 Å². The van der Waals surface area contributed by atoms with Crippen LogP contribution in [0.5, 0.6) is 0 Å². The number of aryl methyl sites for hydroxylation is 1. The van der Waals surface area contributed by atoms with Gasteiger partial charge in [-0.2, -0.15) is 0 Å². The van der Waals surface area contributed by atoms with E-state index in [1.54, 1.807) is 0 Å². The molecule has 0 aliphatic heterocycles. The van der Waals surface area contributed by atoms with Gasteiger partial charge in [-0.15, -0.1) is 5.10 Å². The van der Waals surface area contributed by atoms with Crippen LogP contribution in [0.25, 0.3) is 0 Å². The lowest BCUT2D eigenvalue weighted by atomic mass is 9.76. The first-order valence-electron chi connectivity index (χ1n) is 7.95. The van der Waals surface area contributed by atoms with E-state index in [1.807, 2.05) is 11.7 Å². The van der Waals surface area contributed by atoms with Gasteiger partial charge in [0.15, 0.2) is 4.60 Å². The number of nitrogens with zero attached hydrogens (tertiary/aromatic N) is 3. The number of hydrogen-bond donors (Lipinski definition) is 1. The van der Waals surface area contributed by atoms with Crippen molar-refractivity contribution in [1.29, 1.82) is 0 Å². The molecule has 0 bridgehead atoms. The molecule has 0 saturated heterocycles. The molecule has 5 heteroatoms. The topological polar surface area (TPSA) is 42.7 Å². The summed E-state index contributed by atoms with van der Waals surface area (Å²) in [6, 6.07) is 0.372. The molecule has 20 heavy (non-hydrogen) atoms. The second-order valence-electron chi connectivity index (χ2n) is 5.99. The van der Waals surface area contributed by atoms with Crippen LogP contribution >= 0.6 is 15.9 Å². The minimum atomic E-state index is 0.372. The van der Waals surface area contributed by atoms with Gasteiger partial charge in [0.2, 0.25) is 0 Å². The normalized spacial score (nSPS) is 24.8. The van der Waals surface area contributed by atoms with Crippen molar-refractivity contribution in [2.24, 2.45) is 18.9 Å². The Balaban J connectivity index is 2.07. The average molecular weight is 343 g/mol. The molecule has 1 N–H and O–H groups in total. The van der Waals surface area contributed by atoms with Gasteiger partial charge in [0.1, 0.15) is 0 Å². The molecule has 1 saturated carbocycles. The minimum Gasteiger partial charge on any atom is -0.309 e. The SMILES string of the molecule is CCCC1CCC(C(NCC)c2c(Br)nnn2C)CC1. The standard InChI is InChI=1S/C15H27BrN4/c1-4-6-11-7-9-12(10-8-11)13(17-5-2)14-15(16)18-19-20(14)3/h11-13,17H,4-10H2,1-3H3. The van der Waals surface area contributed by atoms with E-state index in [0.717, 1.165) is 17.1 Å². The fourth-order valence-corrected chi connectivity index (χ4v) is 4.17. The third-order valence-corrected chi connectivity index (χ3v) is 5.17. The molecule has 1 aromatic heterocycles. The molecule has 1 unspecified atom stereocenters. The molecule has 1 atom stereocenters. The molecular weight excluding hydrogens is 316 g/mol. The van der Waals surface area contributed by atoms with Crippen LogP contribution in [-0.4, -0.2) is 21.5 Å². The van der Waals surface area contributed by atoms with Crippen LogP contribution in [0, 0.1) is 11.8 Å².